The Morgan fingerprint density at radius 1 is 0.930 bits per heavy atom. The highest BCUT2D eigenvalue weighted by Gasteiger charge is 2.53. The molecule has 0 spiro atoms. The number of hydrogen-bond acceptors (Lipinski definition) is 9. The van der Waals surface area contributed by atoms with Gasteiger partial charge in [0.25, 0.3) is 0 Å². The van der Waals surface area contributed by atoms with E-state index in [1.807, 2.05) is 6.07 Å². The normalized spacial score (nSPS) is 20.2. The molecule has 1 fully saturated rings. The zero-order valence-corrected chi connectivity index (χ0v) is 23.2. The molecule has 3 aromatic rings. The molecule has 2 atom stereocenters. The molecule has 224 valence electrons. The van der Waals surface area contributed by atoms with Crippen LogP contribution in [0, 0.1) is 0 Å². The quantitative estimate of drug-likeness (QED) is 0.368. The van der Waals surface area contributed by atoms with Crippen LogP contribution in [0.5, 0.6) is 23.0 Å². The predicted molar refractivity (Wildman–Crippen MR) is 144 cm³/mol. The van der Waals surface area contributed by atoms with Crippen LogP contribution < -0.4 is 24.3 Å². The number of carbonyl (C=O) groups excluding carboxylic acids is 3. The van der Waals surface area contributed by atoms with Gasteiger partial charge in [0.2, 0.25) is 5.91 Å². The molecule has 0 bridgehead atoms. The van der Waals surface area contributed by atoms with Crippen molar-refractivity contribution in [2.24, 2.45) is 0 Å². The van der Waals surface area contributed by atoms with Gasteiger partial charge in [0.1, 0.15) is 17.6 Å². The van der Waals surface area contributed by atoms with Crippen LogP contribution in [0.25, 0.3) is 0 Å². The van der Waals surface area contributed by atoms with Crippen LogP contribution in [0.1, 0.15) is 58.5 Å². The Labute approximate surface area is 244 Å². The number of carbonyl (C=O) groups is 3. The number of ether oxygens (including phenoxy) is 6. The molecule has 43 heavy (non-hydrogen) atoms. The molecule has 1 amide bonds. The van der Waals surface area contributed by atoms with Gasteiger partial charge in [-0.3, -0.25) is 4.79 Å². The Morgan fingerprint density at radius 3 is 2.47 bits per heavy atom. The molecule has 0 saturated heterocycles. The molecule has 3 aromatic carbocycles. The van der Waals surface area contributed by atoms with Gasteiger partial charge >= 0.3 is 18.2 Å². The molecule has 1 N–H and O–H groups in total. The molecule has 0 radical (unpaired) electrons. The zero-order valence-electron chi connectivity index (χ0n) is 23.2. The Bertz CT molecular complexity index is 1600. The Hall–Kier alpha value is -4.87. The summed E-state index contributed by atoms with van der Waals surface area (Å²) in [5.41, 5.74) is 1.34. The summed E-state index contributed by atoms with van der Waals surface area (Å²) in [6, 6.07) is 15.7. The number of amides is 1. The Morgan fingerprint density at radius 2 is 1.72 bits per heavy atom. The highest BCUT2D eigenvalue weighted by Crippen LogP contribution is 2.53. The first-order chi connectivity index (χ1) is 20.6. The van der Waals surface area contributed by atoms with E-state index in [1.165, 1.54) is 26.4 Å². The van der Waals surface area contributed by atoms with Crippen molar-refractivity contribution < 1.29 is 51.6 Å². The van der Waals surface area contributed by atoms with Crippen LogP contribution >= 0.6 is 0 Å². The number of hydrogen-bond donors (Lipinski definition) is 1. The number of halogens is 2. The highest BCUT2D eigenvalue weighted by molar-refractivity contribution is 5.92. The number of methoxy groups -OCH3 is 2. The number of alkyl halides is 2. The van der Waals surface area contributed by atoms with Crippen LogP contribution in [-0.2, 0) is 24.5 Å². The van der Waals surface area contributed by atoms with E-state index in [0.717, 1.165) is 0 Å². The summed E-state index contributed by atoms with van der Waals surface area (Å²) < 4.78 is 57.7. The van der Waals surface area contributed by atoms with E-state index in [9.17, 15) is 23.2 Å². The summed E-state index contributed by atoms with van der Waals surface area (Å²) in [6.07, 6.45) is -2.95. The fourth-order valence-electron chi connectivity index (χ4n) is 5.38. The van der Waals surface area contributed by atoms with Gasteiger partial charge in [-0.05, 0) is 60.4 Å². The van der Waals surface area contributed by atoms with E-state index in [-0.39, 0.29) is 24.0 Å². The fraction of sp³-hybridized carbons (Fsp3) is 0.323. The van der Waals surface area contributed by atoms with E-state index in [1.54, 1.807) is 42.5 Å². The molecule has 1 saturated carbocycles. The standard InChI is InChI=1S/C31H27F2NO9/c1-38-27(35)16-40-20-7-8-21-22(15-24(41-25(21)14-20)17-4-3-5-18(12-17)28(36)39-2)34-29(37)30(10-11-30)19-6-9-23-26(13-19)43-31(32,33)42-23/h3-9,12-14,22,24H,10-11,15-16H2,1-2H3,(H,34,37)/t22-,24-/m1/s1. The number of esters is 2. The van der Waals surface area contributed by atoms with Crippen LogP contribution in [0.15, 0.2) is 60.7 Å². The molecule has 12 heteroatoms. The summed E-state index contributed by atoms with van der Waals surface area (Å²) in [6.45, 7) is -0.302. The van der Waals surface area contributed by atoms with Gasteiger partial charge < -0.3 is 33.7 Å². The minimum absolute atomic E-state index is 0.0921. The zero-order chi connectivity index (χ0) is 30.4. The molecule has 2 aliphatic heterocycles. The molecule has 3 aliphatic rings. The van der Waals surface area contributed by atoms with Crippen LogP contribution in [0.4, 0.5) is 8.78 Å². The first-order valence-electron chi connectivity index (χ1n) is 13.5. The van der Waals surface area contributed by atoms with Crippen LogP contribution in [0.2, 0.25) is 0 Å². The summed E-state index contributed by atoms with van der Waals surface area (Å²) >= 11 is 0. The van der Waals surface area contributed by atoms with Crippen molar-refractivity contribution in [3.8, 4) is 23.0 Å². The van der Waals surface area contributed by atoms with Gasteiger partial charge in [0, 0.05) is 18.1 Å². The maximum atomic E-state index is 13.8. The van der Waals surface area contributed by atoms with Crippen LogP contribution in [0.3, 0.4) is 0 Å². The minimum Gasteiger partial charge on any atom is -0.485 e. The Balaban J connectivity index is 1.29. The third-order valence-corrected chi connectivity index (χ3v) is 7.79. The first-order valence-corrected chi connectivity index (χ1v) is 13.5. The lowest BCUT2D eigenvalue weighted by Gasteiger charge is -2.34. The number of nitrogens with one attached hydrogen (secondary N) is 1. The van der Waals surface area contributed by atoms with E-state index < -0.39 is 35.8 Å². The number of rotatable bonds is 8. The van der Waals surface area contributed by atoms with Gasteiger partial charge in [0.15, 0.2) is 18.1 Å². The smallest absolute Gasteiger partial charge is 0.485 e. The average Bonchev–Trinajstić information content (AvgIpc) is 3.76. The second-order valence-corrected chi connectivity index (χ2v) is 10.5. The lowest BCUT2D eigenvalue weighted by atomic mass is 9.90. The van der Waals surface area contributed by atoms with Crippen molar-refractivity contribution in [3.63, 3.8) is 0 Å². The van der Waals surface area contributed by atoms with Gasteiger partial charge in [-0.15, -0.1) is 8.78 Å². The summed E-state index contributed by atoms with van der Waals surface area (Å²) in [4.78, 5) is 37.6. The van der Waals surface area contributed by atoms with Gasteiger partial charge in [-0.2, -0.15) is 0 Å². The maximum absolute atomic E-state index is 13.8. The molecule has 0 aromatic heterocycles. The second-order valence-electron chi connectivity index (χ2n) is 10.5. The topological polar surface area (TPSA) is 119 Å². The monoisotopic (exact) mass is 595 g/mol. The molecular formula is C31H27F2NO9. The molecule has 6 rings (SSSR count). The van der Waals surface area contributed by atoms with Crippen molar-refractivity contribution in [3.05, 3.63) is 82.9 Å². The third-order valence-electron chi connectivity index (χ3n) is 7.79. The average molecular weight is 596 g/mol. The van der Waals surface area contributed by atoms with Crippen molar-refractivity contribution in [2.45, 2.75) is 43.1 Å². The summed E-state index contributed by atoms with van der Waals surface area (Å²) in [5, 5.41) is 3.14. The fourth-order valence-corrected chi connectivity index (χ4v) is 5.38. The Kier molecular flexibility index (Phi) is 7.07. The molecule has 1 aliphatic carbocycles. The van der Waals surface area contributed by atoms with Gasteiger partial charge in [-0.1, -0.05) is 18.2 Å². The van der Waals surface area contributed by atoms with Crippen molar-refractivity contribution >= 4 is 17.8 Å². The largest absolute Gasteiger partial charge is 0.586 e. The van der Waals surface area contributed by atoms with Crippen molar-refractivity contribution in [1.29, 1.82) is 0 Å². The SMILES string of the molecule is COC(=O)COc1ccc2c(c1)O[C@@H](c1cccc(C(=O)OC)c1)C[C@H]2NC(=O)C1(c2ccc3c(c2)OC(F)(F)O3)CC1. The molecule has 10 nitrogen and oxygen atoms in total. The molecule has 2 heterocycles. The second kappa shape index (κ2) is 10.8. The third kappa shape index (κ3) is 5.52. The predicted octanol–water partition coefficient (Wildman–Crippen LogP) is 4.76. The minimum atomic E-state index is -3.76. The van der Waals surface area contributed by atoms with E-state index in [4.69, 9.17) is 14.2 Å². The van der Waals surface area contributed by atoms with Crippen molar-refractivity contribution in [1.82, 2.24) is 5.32 Å². The highest BCUT2D eigenvalue weighted by atomic mass is 19.3. The van der Waals surface area contributed by atoms with E-state index >= 15 is 0 Å². The summed E-state index contributed by atoms with van der Waals surface area (Å²) in [5.74, 6) is -0.768. The number of benzene rings is 3. The first kappa shape index (κ1) is 28.3. The van der Waals surface area contributed by atoms with Gasteiger partial charge in [-0.25, -0.2) is 9.59 Å². The van der Waals surface area contributed by atoms with Crippen LogP contribution in [-0.4, -0.2) is 45.0 Å². The lowest BCUT2D eigenvalue weighted by Crippen LogP contribution is -2.39. The van der Waals surface area contributed by atoms with E-state index in [0.29, 0.717) is 53.0 Å². The molecule has 0 unspecified atom stereocenters. The molecular weight excluding hydrogens is 568 g/mol. The van der Waals surface area contributed by atoms with Gasteiger partial charge in [0.05, 0.1) is 31.2 Å². The van der Waals surface area contributed by atoms with E-state index in [2.05, 4.69) is 19.5 Å². The van der Waals surface area contributed by atoms with Crippen molar-refractivity contribution in [2.75, 3.05) is 20.8 Å². The maximum Gasteiger partial charge on any atom is 0.586 e. The number of fused-ring (bicyclic) bond motifs is 2. The lowest BCUT2D eigenvalue weighted by molar-refractivity contribution is -0.286. The summed E-state index contributed by atoms with van der Waals surface area (Å²) in [7, 11) is 2.55.